The number of hydrogen-bond donors (Lipinski definition) is 2. The number of aryl methyl sites for hydroxylation is 1. The zero-order valence-corrected chi connectivity index (χ0v) is 15.4. The smallest absolute Gasteiger partial charge is 0.360 e. The van der Waals surface area contributed by atoms with Crippen molar-refractivity contribution in [2.45, 2.75) is 39.3 Å². The molecule has 2 aromatic rings. The van der Waals surface area contributed by atoms with Crippen LogP contribution in [0.3, 0.4) is 0 Å². The second kappa shape index (κ2) is 8.93. The van der Waals surface area contributed by atoms with Gasteiger partial charge in [-0.2, -0.15) is 5.10 Å². The van der Waals surface area contributed by atoms with Gasteiger partial charge in [0.15, 0.2) is 11.8 Å². The number of imide groups is 1. The van der Waals surface area contributed by atoms with E-state index in [1.807, 2.05) is 12.2 Å². The number of benzene rings is 1. The van der Waals surface area contributed by atoms with Crippen LogP contribution >= 0.6 is 0 Å². The van der Waals surface area contributed by atoms with Crippen molar-refractivity contribution in [3.05, 3.63) is 40.3 Å². The van der Waals surface area contributed by atoms with Gasteiger partial charge in [0.25, 0.3) is 11.5 Å². The van der Waals surface area contributed by atoms with Gasteiger partial charge >= 0.3 is 12.0 Å². The predicted molar refractivity (Wildman–Crippen MR) is 98.4 cm³/mol. The van der Waals surface area contributed by atoms with Crippen LogP contribution in [0.5, 0.6) is 0 Å². The molecule has 1 aromatic carbocycles. The Morgan fingerprint density at radius 2 is 1.89 bits per heavy atom. The topological polar surface area (TPSA) is 119 Å². The van der Waals surface area contributed by atoms with Crippen LogP contribution in [0.4, 0.5) is 4.79 Å². The number of nitrogens with zero attached hydrogens (tertiary/aromatic N) is 2. The van der Waals surface area contributed by atoms with Crippen molar-refractivity contribution >= 4 is 28.7 Å². The molecular weight excluding hydrogens is 352 g/mol. The number of esters is 1. The Kier molecular flexibility index (Phi) is 6.64. The molecule has 144 valence electrons. The minimum absolute atomic E-state index is 0.0547. The van der Waals surface area contributed by atoms with Crippen LogP contribution in [0.1, 0.15) is 37.2 Å². The minimum atomic E-state index is -1.22. The summed E-state index contributed by atoms with van der Waals surface area (Å²) in [7, 11) is 1.36. The molecule has 0 aliphatic rings. The van der Waals surface area contributed by atoms with E-state index in [0.29, 0.717) is 17.3 Å². The molecule has 0 fully saturated rings. The first kappa shape index (κ1) is 20.1. The van der Waals surface area contributed by atoms with Gasteiger partial charge in [-0.1, -0.05) is 31.5 Å². The first-order valence-electron chi connectivity index (χ1n) is 8.62. The highest BCUT2D eigenvalue weighted by Crippen LogP contribution is 2.15. The normalized spacial score (nSPS) is 11.7. The van der Waals surface area contributed by atoms with Crippen LogP contribution in [0.15, 0.2) is 29.1 Å². The van der Waals surface area contributed by atoms with Crippen LogP contribution in [0.25, 0.3) is 10.8 Å². The quantitative estimate of drug-likeness (QED) is 0.733. The van der Waals surface area contributed by atoms with E-state index in [2.05, 4.69) is 10.4 Å². The van der Waals surface area contributed by atoms with E-state index in [0.717, 1.165) is 12.8 Å². The molecule has 0 radical (unpaired) electrons. The van der Waals surface area contributed by atoms with Gasteiger partial charge in [0.2, 0.25) is 0 Å². The number of unbranched alkanes of at least 4 members (excludes halogenated alkanes) is 1. The fourth-order valence-corrected chi connectivity index (χ4v) is 2.39. The van der Waals surface area contributed by atoms with Gasteiger partial charge < -0.3 is 10.1 Å². The molecule has 0 bridgehead atoms. The second-order valence-electron chi connectivity index (χ2n) is 5.89. The van der Waals surface area contributed by atoms with Crippen molar-refractivity contribution < 1.29 is 19.1 Å². The number of amides is 3. The Bertz CT molecular complexity index is 922. The van der Waals surface area contributed by atoms with Crippen LogP contribution in [-0.2, 0) is 16.1 Å². The molecule has 0 spiro atoms. The lowest BCUT2D eigenvalue weighted by molar-refractivity contribution is -0.127. The van der Waals surface area contributed by atoms with Crippen molar-refractivity contribution in [3.8, 4) is 0 Å². The third-order valence-corrected chi connectivity index (χ3v) is 3.90. The monoisotopic (exact) mass is 374 g/mol. The lowest BCUT2D eigenvalue weighted by Gasteiger charge is -2.14. The number of hydrogen-bond acceptors (Lipinski definition) is 6. The SMILES string of the molecule is CCCCn1nc(C(=O)O[C@H](C)C(=O)NC(=O)NC)c2ccccc2c1=O. The number of carbonyl (C=O) groups excluding carboxylic acids is 3. The Morgan fingerprint density at radius 1 is 1.22 bits per heavy atom. The molecule has 3 amide bonds. The molecule has 0 unspecified atom stereocenters. The maximum atomic E-state index is 12.6. The Hall–Kier alpha value is -3.23. The van der Waals surface area contributed by atoms with Gasteiger partial charge in [-0.25, -0.2) is 14.3 Å². The lowest BCUT2D eigenvalue weighted by Crippen LogP contribution is -2.43. The summed E-state index contributed by atoms with van der Waals surface area (Å²) < 4.78 is 6.38. The summed E-state index contributed by atoms with van der Waals surface area (Å²) in [5, 5.41) is 9.10. The van der Waals surface area contributed by atoms with Crippen molar-refractivity contribution in [2.75, 3.05) is 7.05 Å². The molecule has 0 aliphatic heterocycles. The minimum Gasteiger partial charge on any atom is -0.448 e. The standard InChI is InChI=1S/C18H22N4O5/c1-4-5-10-22-16(24)13-9-7-6-8-12(13)14(21-22)17(25)27-11(2)15(23)20-18(26)19-3/h6-9,11H,4-5,10H2,1-3H3,(H2,19,20,23,26)/t11-/m1/s1. The van der Waals surface area contributed by atoms with Crippen LogP contribution in [-0.4, -0.2) is 40.8 Å². The van der Waals surface area contributed by atoms with Crippen LogP contribution in [0, 0.1) is 0 Å². The number of carbonyl (C=O) groups is 3. The number of urea groups is 1. The largest absolute Gasteiger partial charge is 0.448 e. The van der Waals surface area contributed by atoms with Crippen molar-refractivity contribution in [3.63, 3.8) is 0 Å². The van der Waals surface area contributed by atoms with E-state index in [1.54, 1.807) is 24.3 Å². The molecule has 0 aliphatic carbocycles. The van der Waals surface area contributed by atoms with Gasteiger partial charge in [-0.3, -0.25) is 14.9 Å². The summed E-state index contributed by atoms with van der Waals surface area (Å²) in [5.41, 5.74) is -0.345. The summed E-state index contributed by atoms with van der Waals surface area (Å²) in [4.78, 5) is 48.2. The fraction of sp³-hybridized carbons (Fsp3) is 0.389. The average molecular weight is 374 g/mol. The first-order valence-corrected chi connectivity index (χ1v) is 8.62. The Balaban J connectivity index is 2.34. The molecule has 1 heterocycles. The number of rotatable bonds is 6. The van der Waals surface area contributed by atoms with E-state index in [4.69, 9.17) is 4.74 Å². The van der Waals surface area contributed by atoms with Gasteiger partial charge in [-0.05, 0) is 19.4 Å². The van der Waals surface area contributed by atoms with Gasteiger partial charge in [0.05, 0.1) is 5.39 Å². The van der Waals surface area contributed by atoms with Crippen molar-refractivity contribution in [1.29, 1.82) is 0 Å². The zero-order chi connectivity index (χ0) is 20.0. The van der Waals surface area contributed by atoms with E-state index in [1.165, 1.54) is 18.7 Å². The molecule has 0 saturated heterocycles. The van der Waals surface area contributed by atoms with Gasteiger partial charge in [0.1, 0.15) is 0 Å². The third-order valence-electron chi connectivity index (χ3n) is 3.90. The maximum absolute atomic E-state index is 12.6. The summed E-state index contributed by atoms with van der Waals surface area (Å²) in [5.74, 6) is -1.62. The molecule has 1 atom stereocenters. The first-order chi connectivity index (χ1) is 12.9. The van der Waals surface area contributed by atoms with E-state index in [-0.39, 0.29) is 11.3 Å². The molecule has 27 heavy (non-hydrogen) atoms. The molecule has 0 saturated carbocycles. The number of fused-ring (bicyclic) bond motifs is 1. The maximum Gasteiger partial charge on any atom is 0.360 e. The highest BCUT2D eigenvalue weighted by Gasteiger charge is 2.24. The second-order valence-corrected chi connectivity index (χ2v) is 5.89. The number of aromatic nitrogens is 2. The van der Waals surface area contributed by atoms with Crippen LogP contribution < -0.4 is 16.2 Å². The molecular formula is C18H22N4O5. The average Bonchev–Trinajstić information content (AvgIpc) is 2.67. The van der Waals surface area contributed by atoms with Crippen molar-refractivity contribution in [2.24, 2.45) is 0 Å². The number of ether oxygens (including phenoxy) is 1. The summed E-state index contributed by atoms with van der Waals surface area (Å²) in [6.45, 7) is 3.69. The zero-order valence-electron chi connectivity index (χ0n) is 15.4. The molecule has 2 N–H and O–H groups in total. The molecule has 2 rings (SSSR count). The fourth-order valence-electron chi connectivity index (χ4n) is 2.39. The lowest BCUT2D eigenvalue weighted by atomic mass is 10.1. The molecule has 1 aromatic heterocycles. The number of nitrogens with one attached hydrogen (secondary N) is 2. The van der Waals surface area contributed by atoms with E-state index >= 15 is 0 Å². The van der Waals surface area contributed by atoms with Gasteiger partial charge in [0, 0.05) is 19.0 Å². The van der Waals surface area contributed by atoms with Crippen LogP contribution in [0.2, 0.25) is 0 Å². The summed E-state index contributed by atoms with van der Waals surface area (Å²) in [6.07, 6.45) is 0.369. The van der Waals surface area contributed by atoms with E-state index < -0.39 is 24.0 Å². The predicted octanol–water partition coefficient (Wildman–Crippen LogP) is 1.20. The molecule has 9 nitrogen and oxygen atoms in total. The summed E-state index contributed by atoms with van der Waals surface area (Å²) >= 11 is 0. The Labute approximate surface area is 155 Å². The summed E-state index contributed by atoms with van der Waals surface area (Å²) in [6, 6.07) is 5.88. The van der Waals surface area contributed by atoms with E-state index in [9.17, 15) is 19.2 Å². The highest BCUT2D eigenvalue weighted by atomic mass is 16.5. The molecule has 9 heteroatoms. The van der Waals surface area contributed by atoms with Crippen molar-refractivity contribution in [1.82, 2.24) is 20.4 Å². The van der Waals surface area contributed by atoms with Gasteiger partial charge in [-0.15, -0.1) is 0 Å². The third kappa shape index (κ3) is 4.69. The Morgan fingerprint density at radius 3 is 2.52 bits per heavy atom. The highest BCUT2D eigenvalue weighted by molar-refractivity contribution is 6.03.